The van der Waals surface area contributed by atoms with Crippen LogP contribution in [0.25, 0.3) is 0 Å². The zero-order valence-corrected chi connectivity index (χ0v) is 10.2. The highest BCUT2D eigenvalue weighted by atomic mass is 14.9. The highest BCUT2D eigenvalue weighted by molar-refractivity contribution is 4.97. The predicted octanol–water partition coefficient (Wildman–Crippen LogP) is 3.51. The predicted molar refractivity (Wildman–Crippen MR) is 64.8 cm³/mol. The maximum absolute atomic E-state index is 2.42. The third-order valence-corrected chi connectivity index (χ3v) is 2.82. The van der Waals surface area contributed by atoms with Crippen molar-refractivity contribution in [1.29, 1.82) is 0 Å². The summed E-state index contributed by atoms with van der Waals surface area (Å²) in [4.78, 5) is 0. The van der Waals surface area contributed by atoms with Crippen LogP contribution in [0.2, 0.25) is 0 Å². The van der Waals surface area contributed by atoms with Crippen molar-refractivity contribution < 1.29 is 4.57 Å². The molecular formula is C14H24N+. The standard InChI is InChI=1S/C14H24N/c1-3-5-8-12-15-13-9-7-11-14(15)10-6-4-2/h7,9,11,13H,3-6,8,10,12H2,1-2H3/q+1. The molecule has 1 aromatic rings. The molecule has 1 aromatic heterocycles. The SMILES string of the molecule is CCCCC[n+]1ccccc1CCCC. The molecule has 0 aliphatic rings. The van der Waals surface area contributed by atoms with Crippen molar-refractivity contribution in [3.05, 3.63) is 30.1 Å². The molecule has 0 N–H and O–H groups in total. The molecule has 1 heteroatoms. The molecule has 0 aromatic carbocycles. The molecule has 84 valence electrons. The molecule has 1 nitrogen and oxygen atoms in total. The van der Waals surface area contributed by atoms with Crippen LogP contribution in [-0.2, 0) is 13.0 Å². The quantitative estimate of drug-likeness (QED) is 0.475. The van der Waals surface area contributed by atoms with Crippen molar-refractivity contribution in [2.45, 2.75) is 58.9 Å². The number of rotatable bonds is 7. The van der Waals surface area contributed by atoms with Crippen molar-refractivity contribution in [2.24, 2.45) is 0 Å². The Morgan fingerprint density at radius 3 is 2.53 bits per heavy atom. The maximum atomic E-state index is 2.42. The smallest absolute Gasteiger partial charge is 0.181 e. The van der Waals surface area contributed by atoms with Crippen molar-refractivity contribution in [3.63, 3.8) is 0 Å². The first-order valence-electron chi connectivity index (χ1n) is 6.35. The Morgan fingerprint density at radius 2 is 1.80 bits per heavy atom. The molecule has 1 rings (SSSR count). The molecule has 0 saturated carbocycles. The fourth-order valence-corrected chi connectivity index (χ4v) is 1.85. The average Bonchev–Trinajstić information content (AvgIpc) is 2.28. The molecule has 0 fully saturated rings. The lowest BCUT2D eigenvalue weighted by molar-refractivity contribution is -0.704. The van der Waals surface area contributed by atoms with E-state index in [0.717, 1.165) is 0 Å². The normalized spacial score (nSPS) is 10.5. The van der Waals surface area contributed by atoms with E-state index < -0.39 is 0 Å². The fraction of sp³-hybridized carbons (Fsp3) is 0.643. The van der Waals surface area contributed by atoms with Gasteiger partial charge in [0.15, 0.2) is 11.9 Å². The van der Waals surface area contributed by atoms with Crippen LogP contribution >= 0.6 is 0 Å². The van der Waals surface area contributed by atoms with Crippen LogP contribution in [0.4, 0.5) is 0 Å². The first kappa shape index (κ1) is 12.2. The molecule has 0 radical (unpaired) electrons. The van der Waals surface area contributed by atoms with Crippen molar-refractivity contribution >= 4 is 0 Å². The minimum absolute atomic E-state index is 1.19. The number of aryl methyl sites for hydroxylation is 2. The van der Waals surface area contributed by atoms with E-state index in [1.807, 2.05) is 0 Å². The van der Waals surface area contributed by atoms with Gasteiger partial charge in [-0.15, -0.1) is 0 Å². The van der Waals surface area contributed by atoms with Gasteiger partial charge in [-0.3, -0.25) is 0 Å². The Morgan fingerprint density at radius 1 is 1.00 bits per heavy atom. The summed E-state index contributed by atoms with van der Waals surface area (Å²) in [6.45, 7) is 5.70. The fourth-order valence-electron chi connectivity index (χ4n) is 1.85. The number of hydrogen-bond donors (Lipinski definition) is 0. The van der Waals surface area contributed by atoms with Crippen LogP contribution in [0.1, 0.15) is 51.6 Å². The zero-order valence-electron chi connectivity index (χ0n) is 10.2. The zero-order chi connectivity index (χ0) is 10.9. The number of hydrogen-bond acceptors (Lipinski definition) is 0. The van der Waals surface area contributed by atoms with Gasteiger partial charge in [0.05, 0.1) is 0 Å². The summed E-state index contributed by atoms with van der Waals surface area (Å²) in [5.41, 5.74) is 1.50. The van der Waals surface area contributed by atoms with Crippen molar-refractivity contribution in [3.8, 4) is 0 Å². The van der Waals surface area contributed by atoms with E-state index in [2.05, 4.69) is 42.8 Å². The average molecular weight is 206 g/mol. The molecule has 0 atom stereocenters. The van der Waals surface area contributed by atoms with Crippen LogP contribution in [0.3, 0.4) is 0 Å². The Hall–Kier alpha value is -0.850. The van der Waals surface area contributed by atoms with E-state index in [4.69, 9.17) is 0 Å². The molecule has 1 heterocycles. The molecule has 15 heavy (non-hydrogen) atoms. The molecule has 0 spiro atoms. The number of aromatic nitrogens is 1. The molecule has 0 amide bonds. The number of unbranched alkanes of at least 4 members (excludes halogenated alkanes) is 3. The largest absolute Gasteiger partial charge is 0.202 e. The van der Waals surface area contributed by atoms with E-state index in [1.165, 1.54) is 50.8 Å². The highest BCUT2D eigenvalue weighted by Gasteiger charge is 2.07. The van der Waals surface area contributed by atoms with Crippen LogP contribution in [-0.4, -0.2) is 0 Å². The second kappa shape index (κ2) is 7.44. The van der Waals surface area contributed by atoms with Gasteiger partial charge in [-0.05, 0) is 12.8 Å². The maximum Gasteiger partial charge on any atom is 0.181 e. The van der Waals surface area contributed by atoms with E-state index in [9.17, 15) is 0 Å². The van der Waals surface area contributed by atoms with Gasteiger partial charge in [0.2, 0.25) is 0 Å². The van der Waals surface area contributed by atoms with E-state index >= 15 is 0 Å². The Balaban J connectivity index is 2.52. The van der Waals surface area contributed by atoms with Crippen LogP contribution < -0.4 is 4.57 Å². The van der Waals surface area contributed by atoms with Gasteiger partial charge >= 0.3 is 0 Å². The van der Waals surface area contributed by atoms with Gasteiger partial charge in [-0.1, -0.05) is 32.8 Å². The van der Waals surface area contributed by atoms with Crippen molar-refractivity contribution in [2.75, 3.05) is 0 Å². The summed E-state index contributed by atoms with van der Waals surface area (Å²) in [7, 11) is 0. The molecular weight excluding hydrogens is 182 g/mol. The van der Waals surface area contributed by atoms with E-state index in [-0.39, 0.29) is 0 Å². The van der Waals surface area contributed by atoms with Gasteiger partial charge in [-0.25, -0.2) is 4.57 Å². The van der Waals surface area contributed by atoms with Crippen LogP contribution in [0.15, 0.2) is 24.4 Å². The lowest BCUT2D eigenvalue weighted by atomic mass is 10.1. The van der Waals surface area contributed by atoms with Crippen LogP contribution in [0.5, 0.6) is 0 Å². The first-order valence-corrected chi connectivity index (χ1v) is 6.35. The third-order valence-electron chi connectivity index (χ3n) is 2.82. The van der Waals surface area contributed by atoms with E-state index in [1.54, 1.807) is 0 Å². The third kappa shape index (κ3) is 4.46. The molecule has 0 aliphatic heterocycles. The summed E-state index contributed by atoms with van der Waals surface area (Å²) in [5.74, 6) is 0. The second-order valence-corrected chi connectivity index (χ2v) is 4.20. The van der Waals surface area contributed by atoms with E-state index in [0.29, 0.717) is 0 Å². The minimum Gasteiger partial charge on any atom is -0.202 e. The van der Waals surface area contributed by atoms with Crippen LogP contribution in [0, 0.1) is 0 Å². The highest BCUT2D eigenvalue weighted by Crippen LogP contribution is 2.01. The van der Waals surface area contributed by atoms with Crippen molar-refractivity contribution in [1.82, 2.24) is 0 Å². The van der Waals surface area contributed by atoms with Gasteiger partial charge in [0.25, 0.3) is 0 Å². The summed E-state index contributed by atoms with van der Waals surface area (Å²) < 4.78 is 2.42. The number of nitrogens with zero attached hydrogens (tertiary/aromatic N) is 1. The lowest BCUT2D eigenvalue weighted by Gasteiger charge is -2.02. The lowest BCUT2D eigenvalue weighted by Crippen LogP contribution is -2.37. The summed E-state index contributed by atoms with van der Waals surface area (Å²) >= 11 is 0. The molecule has 0 saturated heterocycles. The summed E-state index contributed by atoms with van der Waals surface area (Å²) in [6, 6.07) is 6.56. The van der Waals surface area contributed by atoms with Gasteiger partial charge in [-0.2, -0.15) is 0 Å². The van der Waals surface area contributed by atoms with Gasteiger partial charge < -0.3 is 0 Å². The second-order valence-electron chi connectivity index (χ2n) is 4.20. The van der Waals surface area contributed by atoms with Gasteiger partial charge in [0.1, 0.15) is 6.54 Å². The Labute approximate surface area is 94.1 Å². The Bertz CT molecular complexity index is 268. The topological polar surface area (TPSA) is 3.88 Å². The molecule has 0 aliphatic carbocycles. The summed E-state index contributed by atoms with van der Waals surface area (Å²) in [6.07, 6.45) is 9.99. The number of pyridine rings is 1. The molecule has 0 bridgehead atoms. The summed E-state index contributed by atoms with van der Waals surface area (Å²) in [5, 5.41) is 0. The minimum atomic E-state index is 1.19. The van der Waals surface area contributed by atoms with Gasteiger partial charge in [0, 0.05) is 25.0 Å². The Kier molecular flexibility index (Phi) is 6.06. The molecule has 0 unspecified atom stereocenters. The monoisotopic (exact) mass is 206 g/mol. The first-order chi connectivity index (χ1) is 7.38.